The van der Waals surface area contributed by atoms with Crippen molar-refractivity contribution in [2.45, 2.75) is 26.9 Å². The zero-order chi connectivity index (χ0) is 29.3. The summed E-state index contributed by atoms with van der Waals surface area (Å²) in [4.78, 5) is 23.0. The SMILES string of the molecule is CCOc1ccc(C(=O)N/N=C/c2ccc(Oc3ccc(C(F)(F)F)cc3[N+](=O)[O-])c(OCC)c2)cc1OCC. The smallest absolute Gasteiger partial charge is 0.416 e. The van der Waals surface area contributed by atoms with Gasteiger partial charge in [0.2, 0.25) is 5.75 Å². The van der Waals surface area contributed by atoms with Crippen molar-refractivity contribution in [3.63, 3.8) is 0 Å². The maximum absolute atomic E-state index is 13.0. The minimum absolute atomic E-state index is 0.0312. The first-order chi connectivity index (χ1) is 19.1. The summed E-state index contributed by atoms with van der Waals surface area (Å²) in [7, 11) is 0. The molecule has 0 bridgehead atoms. The molecule has 0 aromatic heterocycles. The van der Waals surface area contributed by atoms with Crippen LogP contribution in [0.5, 0.6) is 28.7 Å². The number of hydrazone groups is 1. The molecule has 0 saturated carbocycles. The average Bonchev–Trinajstić information content (AvgIpc) is 2.91. The molecule has 10 nitrogen and oxygen atoms in total. The van der Waals surface area contributed by atoms with E-state index in [1.807, 2.05) is 13.8 Å². The number of amides is 1. The fourth-order valence-corrected chi connectivity index (χ4v) is 3.42. The van der Waals surface area contributed by atoms with Crippen LogP contribution in [0.3, 0.4) is 0 Å². The number of ether oxygens (including phenoxy) is 4. The van der Waals surface area contributed by atoms with Crippen LogP contribution in [0.15, 0.2) is 59.7 Å². The number of nitrogens with zero attached hydrogens (tertiary/aromatic N) is 2. The zero-order valence-corrected chi connectivity index (χ0v) is 21.8. The lowest BCUT2D eigenvalue weighted by Crippen LogP contribution is -2.17. The van der Waals surface area contributed by atoms with Crippen molar-refractivity contribution >= 4 is 17.8 Å². The fraction of sp³-hybridized carbons (Fsp3) is 0.259. The second kappa shape index (κ2) is 13.3. The van der Waals surface area contributed by atoms with Crippen LogP contribution in [0, 0.1) is 10.1 Å². The molecule has 0 heterocycles. The Labute approximate surface area is 227 Å². The van der Waals surface area contributed by atoms with Crippen LogP contribution in [0.2, 0.25) is 0 Å². The third-order valence-electron chi connectivity index (χ3n) is 5.16. The summed E-state index contributed by atoms with van der Waals surface area (Å²) in [5.74, 6) is 0.223. The molecule has 40 heavy (non-hydrogen) atoms. The molecule has 0 aliphatic carbocycles. The second-order valence-corrected chi connectivity index (χ2v) is 7.91. The summed E-state index contributed by atoms with van der Waals surface area (Å²) < 4.78 is 61.2. The van der Waals surface area contributed by atoms with Crippen LogP contribution in [0.25, 0.3) is 0 Å². The molecular formula is C27H26F3N3O7. The molecule has 0 unspecified atom stereocenters. The number of nitrogens with one attached hydrogen (secondary N) is 1. The van der Waals surface area contributed by atoms with Gasteiger partial charge in [-0.25, -0.2) is 5.43 Å². The number of rotatable bonds is 12. The van der Waals surface area contributed by atoms with E-state index in [0.29, 0.717) is 48.0 Å². The molecule has 13 heteroatoms. The first-order valence-electron chi connectivity index (χ1n) is 12.1. The first-order valence-corrected chi connectivity index (χ1v) is 12.1. The number of hydrogen-bond donors (Lipinski definition) is 1. The fourth-order valence-electron chi connectivity index (χ4n) is 3.42. The molecule has 0 aliphatic heterocycles. The molecule has 0 radical (unpaired) electrons. The lowest BCUT2D eigenvalue weighted by molar-refractivity contribution is -0.385. The highest BCUT2D eigenvalue weighted by Gasteiger charge is 2.33. The number of carbonyl (C=O) groups is 1. The van der Waals surface area contributed by atoms with Gasteiger partial charge in [-0.3, -0.25) is 14.9 Å². The van der Waals surface area contributed by atoms with E-state index in [1.54, 1.807) is 25.1 Å². The maximum Gasteiger partial charge on any atom is 0.416 e. The lowest BCUT2D eigenvalue weighted by atomic mass is 10.1. The molecule has 212 valence electrons. The van der Waals surface area contributed by atoms with E-state index in [-0.39, 0.29) is 18.1 Å². The Hall–Kier alpha value is -4.81. The summed E-state index contributed by atoms with van der Waals surface area (Å²) in [6, 6.07) is 11.1. The van der Waals surface area contributed by atoms with Gasteiger partial charge in [-0.05, 0) is 74.9 Å². The van der Waals surface area contributed by atoms with Crippen molar-refractivity contribution in [3.05, 3.63) is 81.4 Å². The van der Waals surface area contributed by atoms with Crippen molar-refractivity contribution in [1.29, 1.82) is 0 Å². The monoisotopic (exact) mass is 561 g/mol. The van der Waals surface area contributed by atoms with Crippen LogP contribution in [-0.2, 0) is 6.18 Å². The van der Waals surface area contributed by atoms with Crippen LogP contribution in [0.4, 0.5) is 18.9 Å². The molecule has 0 atom stereocenters. The Balaban J connectivity index is 1.78. The number of hydrogen-bond acceptors (Lipinski definition) is 8. The van der Waals surface area contributed by atoms with Gasteiger partial charge in [0.25, 0.3) is 5.91 Å². The third-order valence-corrected chi connectivity index (χ3v) is 5.16. The van der Waals surface area contributed by atoms with Crippen molar-refractivity contribution in [1.82, 2.24) is 5.43 Å². The minimum Gasteiger partial charge on any atom is -0.490 e. The number of nitro benzene ring substituents is 1. The summed E-state index contributed by atoms with van der Waals surface area (Å²) in [6.07, 6.45) is -3.42. The average molecular weight is 562 g/mol. The highest BCUT2D eigenvalue weighted by atomic mass is 19.4. The molecule has 3 aromatic carbocycles. The lowest BCUT2D eigenvalue weighted by Gasteiger charge is -2.13. The molecule has 3 aromatic rings. The van der Waals surface area contributed by atoms with E-state index in [2.05, 4.69) is 10.5 Å². The Bertz CT molecular complexity index is 1390. The Morgan fingerprint density at radius 3 is 2.10 bits per heavy atom. The first kappa shape index (κ1) is 29.7. The van der Waals surface area contributed by atoms with Crippen molar-refractivity contribution < 1.29 is 41.8 Å². The molecule has 0 spiro atoms. The summed E-state index contributed by atoms with van der Waals surface area (Å²) in [6.45, 7) is 6.35. The molecule has 0 saturated heterocycles. The zero-order valence-electron chi connectivity index (χ0n) is 21.8. The standard InChI is InChI=1S/C27H26F3N3O7/c1-4-37-22-11-8-18(14-25(22)39-6-3)26(34)32-31-16-17-7-10-23(24(13-17)38-5-2)40-21-12-9-19(27(28,29)30)15-20(21)33(35)36/h7-16H,4-6H2,1-3H3,(H,32,34)/b31-16+. The van der Waals surface area contributed by atoms with E-state index in [9.17, 15) is 28.1 Å². The topological polar surface area (TPSA) is 122 Å². The number of carbonyl (C=O) groups excluding carboxylic acids is 1. The largest absolute Gasteiger partial charge is 0.490 e. The van der Waals surface area contributed by atoms with Gasteiger partial charge in [-0.15, -0.1) is 0 Å². The summed E-state index contributed by atoms with van der Waals surface area (Å²) in [5, 5.41) is 15.3. The summed E-state index contributed by atoms with van der Waals surface area (Å²) >= 11 is 0. The van der Waals surface area contributed by atoms with Gasteiger partial charge in [0.15, 0.2) is 23.0 Å². The van der Waals surface area contributed by atoms with Crippen LogP contribution in [-0.4, -0.2) is 36.9 Å². The van der Waals surface area contributed by atoms with Gasteiger partial charge >= 0.3 is 11.9 Å². The normalized spacial score (nSPS) is 11.2. The maximum atomic E-state index is 13.0. The number of benzene rings is 3. The van der Waals surface area contributed by atoms with Gasteiger partial charge in [0.05, 0.1) is 36.5 Å². The van der Waals surface area contributed by atoms with Gasteiger partial charge in [-0.2, -0.15) is 18.3 Å². The molecule has 1 amide bonds. The molecular weight excluding hydrogens is 535 g/mol. The van der Waals surface area contributed by atoms with E-state index in [0.717, 1.165) is 6.07 Å². The van der Waals surface area contributed by atoms with Crippen LogP contribution < -0.4 is 24.4 Å². The summed E-state index contributed by atoms with van der Waals surface area (Å²) in [5.41, 5.74) is 1.14. The Kier molecular flexibility index (Phi) is 9.90. The Morgan fingerprint density at radius 1 is 0.875 bits per heavy atom. The predicted molar refractivity (Wildman–Crippen MR) is 140 cm³/mol. The minimum atomic E-state index is -4.76. The highest BCUT2D eigenvalue weighted by molar-refractivity contribution is 5.95. The molecule has 3 rings (SSSR count). The molecule has 0 fully saturated rings. The van der Waals surface area contributed by atoms with Gasteiger partial charge < -0.3 is 18.9 Å². The predicted octanol–water partition coefficient (Wildman–Crippen LogP) is 6.37. The van der Waals surface area contributed by atoms with Crippen molar-refractivity contribution in [2.75, 3.05) is 19.8 Å². The quantitative estimate of drug-likeness (QED) is 0.155. The third kappa shape index (κ3) is 7.62. The molecule has 0 aliphatic rings. The number of halogens is 3. The number of nitro groups is 1. The van der Waals surface area contributed by atoms with E-state index in [4.69, 9.17) is 18.9 Å². The van der Waals surface area contributed by atoms with Gasteiger partial charge in [0.1, 0.15) is 0 Å². The van der Waals surface area contributed by atoms with Crippen LogP contribution >= 0.6 is 0 Å². The van der Waals surface area contributed by atoms with E-state index >= 15 is 0 Å². The van der Waals surface area contributed by atoms with Gasteiger partial charge in [-0.1, -0.05) is 0 Å². The number of alkyl halides is 3. The second-order valence-electron chi connectivity index (χ2n) is 7.91. The van der Waals surface area contributed by atoms with Crippen LogP contribution in [0.1, 0.15) is 42.3 Å². The van der Waals surface area contributed by atoms with Gasteiger partial charge in [0, 0.05) is 11.6 Å². The van der Waals surface area contributed by atoms with E-state index < -0.39 is 34.0 Å². The Morgan fingerprint density at radius 2 is 1.48 bits per heavy atom. The van der Waals surface area contributed by atoms with Crippen molar-refractivity contribution in [2.24, 2.45) is 5.10 Å². The van der Waals surface area contributed by atoms with Crippen molar-refractivity contribution in [3.8, 4) is 28.7 Å². The highest BCUT2D eigenvalue weighted by Crippen LogP contribution is 2.40. The van der Waals surface area contributed by atoms with E-state index in [1.165, 1.54) is 24.4 Å². The molecule has 1 N–H and O–H groups in total.